The van der Waals surface area contributed by atoms with E-state index in [1.54, 1.807) is 0 Å². The number of rotatable bonds is 7. The molecule has 1 N–H and O–H groups in total. The summed E-state index contributed by atoms with van der Waals surface area (Å²) in [5.74, 6) is -0.270. The SMILES string of the molecule is CCC(C)(C)c1ccc(OCC(=O)O)c(C(C)(C)CC)c1. The van der Waals surface area contributed by atoms with E-state index in [1.165, 1.54) is 5.56 Å². The van der Waals surface area contributed by atoms with Crippen LogP contribution in [0.1, 0.15) is 65.5 Å². The molecule has 0 amide bonds. The van der Waals surface area contributed by atoms with Crippen LogP contribution in [-0.2, 0) is 15.6 Å². The maximum Gasteiger partial charge on any atom is 0.341 e. The molecule has 1 aromatic rings. The first-order valence-corrected chi connectivity index (χ1v) is 7.63. The van der Waals surface area contributed by atoms with Gasteiger partial charge >= 0.3 is 5.97 Å². The molecule has 0 heterocycles. The molecule has 1 aromatic carbocycles. The lowest BCUT2D eigenvalue weighted by Gasteiger charge is -2.30. The molecule has 0 fully saturated rings. The van der Waals surface area contributed by atoms with Crippen molar-refractivity contribution in [2.24, 2.45) is 0 Å². The third kappa shape index (κ3) is 4.23. The molecule has 0 aliphatic heterocycles. The summed E-state index contributed by atoms with van der Waals surface area (Å²) < 4.78 is 5.49. The molecule has 3 heteroatoms. The van der Waals surface area contributed by atoms with Gasteiger partial charge in [-0.05, 0) is 35.3 Å². The van der Waals surface area contributed by atoms with Crippen molar-refractivity contribution in [1.29, 1.82) is 0 Å². The van der Waals surface area contributed by atoms with E-state index in [1.807, 2.05) is 6.07 Å². The Morgan fingerprint density at radius 2 is 1.67 bits per heavy atom. The fraction of sp³-hybridized carbons (Fsp3) is 0.611. The minimum Gasteiger partial charge on any atom is -0.482 e. The lowest BCUT2D eigenvalue weighted by molar-refractivity contribution is -0.139. The minimum atomic E-state index is -0.951. The van der Waals surface area contributed by atoms with E-state index in [4.69, 9.17) is 9.84 Å². The first-order chi connectivity index (χ1) is 9.64. The van der Waals surface area contributed by atoms with E-state index < -0.39 is 5.97 Å². The minimum absolute atomic E-state index is 0.0479. The Morgan fingerprint density at radius 3 is 2.14 bits per heavy atom. The van der Waals surface area contributed by atoms with Crippen LogP contribution in [0.5, 0.6) is 5.75 Å². The zero-order chi connectivity index (χ0) is 16.3. The third-order valence-electron chi connectivity index (χ3n) is 4.61. The van der Waals surface area contributed by atoms with Gasteiger partial charge in [0.25, 0.3) is 0 Å². The topological polar surface area (TPSA) is 46.5 Å². The van der Waals surface area contributed by atoms with Gasteiger partial charge in [-0.1, -0.05) is 53.7 Å². The predicted molar refractivity (Wildman–Crippen MR) is 86.2 cm³/mol. The van der Waals surface area contributed by atoms with Gasteiger partial charge in [-0.3, -0.25) is 0 Å². The van der Waals surface area contributed by atoms with Crippen LogP contribution in [0.15, 0.2) is 18.2 Å². The molecule has 0 saturated carbocycles. The normalized spacial score (nSPS) is 12.3. The van der Waals surface area contributed by atoms with Gasteiger partial charge in [-0.2, -0.15) is 0 Å². The molecular formula is C18H28O3. The molecule has 0 saturated heterocycles. The van der Waals surface area contributed by atoms with Crippen molar-refractivity contribution in [3.05, 3.63) is 29.3 Å². The zero-order valence-corrected chi connectivity index (χ0v) is 14.1. The average molecular weight is 292 g/mol. The highest BCUT2D eigenvalue weighted by atomic mass is 16.5. The second-order valence-electron chi connectivity index (χ2n) is 6.87. The number of ether oxygens (including phenoxy) is 1. The highest BCUT2D eigenvalue weighted by Crippen LogP contribution is 2.38. The first kappa shape index (κ1) is 17.5. The second-order valence-corrected chi connectivity index (χ2v) is 6.87. The number of benzene rings is 1. The molecule has 0 aliphatic carbocycles. The van der Waals surface area contributed by atoms with Crippen LogP contribution < -0.4 is 4.74 Å². The lowest BCUT2D eigenvalue weighted by Crippen LogP contribution is -2.22. The molecule has 0 atom stereocenters. The molecule has 21 heavy (non-hydrogen) atoms. The summed E-state index contributed by atoms with van der Waals surface area (Å²) in [5.41, 5.74) is 2.41. The van der Waals surface area contributed by atoms with Crippen molar-refractivity contribution in [1.82, 2.24) is 0 Å². The summed E-state index contributed by atoms with van der Waals surface area (Å²) in [6.45, 7) is 12.8. The largest absolute Gasteiger partial charge is 0.482 e. The van der Waals surface area contributed by atoms with Crippen molar-refractivity contribution in [3.8, 4) is 5.75 Å². The van der Waals surface area contributed by atoms with Gasteiger partial charge in [0.1, 0.15) is 5.75 Å². The number of hydrogen-bond acceptors (Lipinski definition) is 2. The Labute approximate surface area is 128 Å². The molecule has 0 radical (unpaired) electrons. The molecule has 0 bridgehead atoms. The van der Waals surface area contributed by atoms with Crippen molar-refractivity contribution in [2.75, 3.05) is 6.61 Å². The summed E-state index contributed by atoms with van der Waals surface area (Å²) >= 11 is 0. The molecule has 1 rings (SSSR count). The Balaban J connectivity index is 3.30. The van der Waals surface area contributed by atoms with E-state index in [9.17, 15) is 4.79 Å². The summed E-state index contributed by atoms with van der Waals surface area (Å²) in [5, 5.41) is 8.82. The Bertz CT molecular complexity index is 501. The zero-order valence-electron chi connectivity index (χ0n) is 14.1. The molecule has 0 aromatic heterocycles. The van der Waals surface area contributed by atoms with Crippen molar-refractivity contribution in [2.45, 2.75) is 65.2 Å². The van der Waals surface area contributed by atoms with E-state index >= 15 is 0 Å². The number of aliphatic carboxylic acids is 1. The van der Waals surface area contributed by atoms with Crippen molar-refractivity contribution < 1.29 is 14.6 Å². The smallest absolute Gasteiger partial charge is 0.341 e. The average Bonchev–Trinajstić information content (AvgIpc) is 2.44. The molecule has 118 valence electrons. The quantitative estimate of drug-likeness (QED) is 0.803. The maximum atomic E-state index is 10.8. The van der Waals surface area contributed by atoms with Crippen molar-refractivity contribution in [3.63, 3.8) is 0 Å². The van der Waals surface area contributed by atoms with Gasteiger partial charge in [0, 0.05) is 5.56 Å². The van der Waals surface area contributed by atoms with Crippen molar-refractivity contribution >= 4 is 5.97 Å². The van der Waals surface area contributed by atoms with Gasteiger partial charge in [-0.15, -0.1) is 0 Å². The van der Waals surface area contributed by atoms with Crippen LogP contribution in [0.25, 0.3) is 0 Å². The molecular weight excluding hydrogens is 264 g/mol. The lowest BCUT2D eigenvalue weighted by atomic mass is 9.76. The summed E-state index contributed by atoms with van der Waals surface area (Å²) in [4.78, 5) is 10.8. The Kier molecular flexibility index (Phi) is 5.43. The summed E-state index contributed by atoms with van der Waals surface area (Å²) in [6.07, 6.45) is 2.01. The Morgan fingerprint density at radius 1 is 1.10 bits per heavy atom. The molecule has 0 spiro atoms. The van der Waals surface area contributed by atoms with E-state index in [0.717, 1.165) is 18.4 Å². The second kappa shape index (κ2) is 6.50. The van der Waals surface area contributed by atoms with Crippen LogP contribution >= 0.6 is 0 Å². The first-order valence-electron chi connectivity index (χ1n) is 7.63. The molecule has 0 aliphatic rings. The third-order valence-corrected chi connectivity index (χ3v) is 4.61. The van der Waals surface area contributed by atoms with E-state index in [-0.39, 0.29) is 17.4 Å². The fourth-order valence-corrected chi connectivity index (χ4v) is 2.14. The van der Waals surface area contributed by atoms with Crippen LogP contribution in [0.4, 0.5) is 0 Å². The fourth-order valence-electron chi connectivity index (χ4n) is 2.14. The van der Waals surface area contributed by atoms with Crippen LogP contribution in [-0.4, -0.2) is 17.7 Å². The van der Waals surface area contributed by atoms with Crippen LogP contribution in [0.3, 0.4) is 0 Å². The number of hydrogen-bond donors (Lipinski definition) is 1. The molecule has 3 nitrogen and oxygen atoms in total. The van der Waals surface area contributed by atoms with E-state index in [0.29, 0.717) is 5.75 Å². The van der Waals surface area contributed by atoms with Gasteiger partial charge in [0.15, 0.2) is 6.61 Å². The highest BCUT2D eigenvalue weighted by Gasteiger charge is 2.26. The summed E-state index contributed by atoms with van der Waals surface area (Å²) in [6, 6.07) is 6.16. The van der Waals surface area contributed by atoms with E-state index in [2.05, 4.69) is 53.7 Å². The van der Waals surface area contributed by atoms with Crippen LogP contribution in [0, 0.1) is 0 Å². The predicted octanol–water partition coefficient (Wildman–Crippen LogP) is 4.53. The number of carboxylic acid groups (broad SMARTS) is 1. The van der Waals surface area contributed by atoms with Gasteiger partial charge in [0.2, 0.25) is 0 Å². The van der Waals surface area contributed by atoms with Gasteiger partial charge in [0.05, 0.1) is 0 Å². The monoisotopic (exact) mass is 292 g/mol. The number of carbonyl (C=O) groups is 1. The van der Waals surface area contributed by atoms with Gasteiger partial charge in [-0.25, -0.2) is 4.79 Å². The number of carboxylic acids is 1. The Hall–Kier alpha value is -1.51. The maximum absolute atomic E-state index is 10.8. The highest BCUT2D eigenvalue weighted by molar-refractivity contribution is 5.68. The van der Waals surface area contributed by atoms with Gasteiger partial charge < -0.3 is 9.84 Å². The summed E-state index contributed by atoms with van der Waals surface area (Å²) in [7, 11) is 0. The standard InChI is InChI=1S/C18H28O3/c1-7-17(3,4)13-9-10-15(21-12-16(19)20)14(11-13)18(5,6)8-2/h9-11H,7-8,12H2,1-6H3,(H,19,20). The van der Waals surface area contributed by atoms with Crippen LogP contribution in [0.2, 0.25) is 0 Å². The molecule has 0 unspecified atom stereocenters.